The van der Waals surface area contributed by atoms with E-state index in [1.807, 2.05) is 58.9 Å². The molecular weight excluding hydrogens is 466 g/mol. The molecule has 0 aromatic heterocycles. The topological polar surface area (TPSA) is 87.7 Å². The predicted octanol–water partition coefficient (Wildman–Crippen LogP) is 6.30. The Morgan fingerprint density at radius 2 is 1.62 bits per heavy atom. The summed E-state index contributed by atoms with van der Waals surface area (Å²) < 4.78 is 5.47. The maximum Gasteiger partial charge on any atom is 0.408 e. The maximum atomic E-state index is 14.2. The second-order valence-electron chi connectivity index (χ2n) is 11.8. The van der Waals surface area contributed by atoms with E-state index in [1.54, 1.807) is 25.7 Å². The molecule has 0 saturated carbocycles. The van der Waals surface area contributed by atoms with Gasteiger partial charge in [0, 0.05) is 12.6 Å². The summed E-state index contributed by atoms with van der Waals surface area (Å²) >= 11 is 0. The molecule has 0 aliphatic rings. The van der Waals surface area contributed by atoms with Gasteiger partial charge in [-0.3, -0.25) is 9.59 Å². The zero-order chi connectivity index (χ0) is 28.2. The summed E-state index contributed by atoms with van der Waals surface area (Å²) in [5.74, 6) is -0.333. The summed E-state index contributed by atoms with van der Waals surface area (Å²) in [6.07, 6.45) is 4.91. The molecule has 7 heteroatoms. The van der Waals surface area contributed by atoms with Gasteiger partial charge in [0.05, 0.1) is 0 Å². The summed E-state index contributed by atoms with van der Waals surface area (Å²) in [5, 5.41) is 5.82. The van der Waals surface area contributed by atoms with Gasteiger partial charge in [0.15, 0.2) is 0 Å². The number of amides is 3. The van der Waals surface area contributed by atoms with Crippen molar-refractivity contribution in [1.82, 2.24) is 15.5 Å². The van der Waals surface area contributed by atoms with Gasteiger partial charge in [-0.05, 0) is 65.9 Å². The van der Waals surface area contributed by atoms with Gasteiger partial charge in [0.2, 0.25) is 11.8 Å². The van der Waals surface area contributed by atoms with E-state index in [9.17, 15) is 14.4 Å². The molecule has 2 atom stereocenters. The van der Waals surface area contributed by atoms with E-state index >= 15 is 0 Å². The number of aryl methyl sites for hydroxylation is 1. The van der Waals surface area contributed by atoms with E-state index in [0.29, 0.717) is 13.0 Å². The zero-order valence-electron chi connectivity index (χ0n) is 24.6. The number of nitrogens with one attached hydrogen (secondary N) is 2. The molecule has 0 heterocycles. The van der Waals surface area contributed by atoms with Gasteiger partial charge in [0.25, 0.3) is 0 Å². The van der Waals surface area contributed by atoms with Crippen LogP contribution in [0.4, 0.5) is 4.79 Å². The van der Waals surface area contributed by atoms with Crippen LogP contribution < -0.4 is 10.6 Å². The highest BCUT2D eigenvalue weighted by Gasteiger charge is 2.36. The summed E-state index contributed by atoms with van der Waals surface area (Å²) in [5.41, 5.74) is 1.09. The van der Waals surface area contributed by atoms with Crippen molar-refractivity contribution >= 4 is 17.9 Å². The summed E-state index contributed by atoms with van der Waals surface area (Å²) in [6.45, 7) is 17.8. The third-order valence-electron chi connectivity index (χ3n) is 5.83. The maximum absolute atomic E-state index is 14.2. The molecule has 0 bridgehead atoms. The van der Waals surface area contributed by atoms with Crippen molar-refractivity contribution in [3.05, 3.63) is 35.4 Å². The smallest absolute Gasteiger partial charge is 0.408 e. The highest BCUT2D eigenvalue weighted by atomic mass is 16.6. The van der Waals surface area contributed by atoms with Crippen LogP contribution in [0.1, 0.15) is 111 Å². The van der Waals surface area contributed by atoms with Crippen molar-refractivity contribution in [1.29, 1.82) is 0 Å². The number of carbonyl (C=O) groups is 3. The number of rotatable bonds is 14. The number of benzene rings is 1. The SMILES string of the molecule is CCCCCCCN(C(=O)C(CC(C)C)NC(=O)OC(C)(C)C)C(C(=O)NC(C)C)c1cccc(C)c1. The fraction of sp³-hybridized carbons (Fsp3) is 0.700. The van der Waals surface area contributed by atoms with Crippen LogP contribution in [0.25, 0.3) is 0 Å². The first-order valence-electron chi connectivity index (χ1n) is 13.9. The summed E-state index contributed by atoms with van der Waals surface area (Å²) in [4.78, 5) is 42.1. The standard InChI is InChI=1S/C30H51N3O4/c1-10-11-12-13-14-18-33(26(27(34)31-22(4)5)24-17-15-16-23(6)20-24)28(35)25(19-21(2)3)32-29(36)37-30(7,8)9/h15-17,20-22,25-26H,10-14,18-19H2,1-9H3,(H,31,34)(H,32,36). The number of unbranched alkanes of at least 4 members (excludes halogenated alkanes) is 4. The molecule has 0 fully saturated rings. The van der Waals surface area contributed by atoms with Gasteiger partial charge in [-0.1, -0.05) is 76.3 Å². The van der Waals surface area contributed by atoms with Crippen LogP contribution in [-0.2, 0) is 14.3 Å². The van der Waals surface area contributed by atoms with Crippen molar-refractivity contribution in [2.24, 2.45) is 5.92 Å². The first-order valence-corrected chi connectivity index (χ1v) is 13.9. The van der Waals surface area contributed by atoms with Gasteiger partial charge in [0.1, 0.15) is 17.7 Å². The molecule has 0 aliphatic carbocycles. The molecule has 1 rings (SSSR count). The number of alkyl carbamates (subject to hydrolysis) is 1. The van der Waals surface area contributed by atoms with Crippen LogP contribution in [0.3, 0.4) is 0 Å². The second kappa shape index (κ2) is 15.6. The fourth-order valence-electron chi connectivity index (χ4n) is 4.27. The lowest BCUT2D eigenvalue weighted by Crippen LogP contribution is -2.54. The Kier molecular flexibility index (Phi) is 13.7. The molecule has 210 valence electrons. The van der Waals surface area contributed by atoms with Gasteiger partial charge in [-0.25, -0.2) is 4.79 Å². The summed E-state index contributed by atoms with van der Waals surface area (Å²) in [7, 11) is 0. The molecule has 0 radical (unpaired) electrons. The third-order valence-corrected chi connectivity index (χ3v) is 5.83. The van der Waals surface area contributed by atoms with E-state index in [-0.39, 0.29) is 23.8 Å². The average molecular weight is 518 g/mol. The Bertz CT molecular complexity index is 861. The van der Waals surface area contributed by atoms with E-state index in [0.717, 1.165) is 43.2 Å². The Hall–Kier alpha value is -2.57. The highest BCUT2D eigenvalue weighted by molar-refractivity contribution is 5.92. The molecule has 0 saturated heterocycles. The monoisotopic (exact) mass is 517 g/mol. The third kappa shape index (κ3) is 12.5. The highest BCUT2D eigenvalue weighted by Crippen LogP contribution is 2.26. The van der Waals surface area contributed by atoms with E-state index in [4.69, 9.17) is 4.74 Å². The second-order valence-corrected chi connectivity index (χ2v) is 11.8. The van der Waals surface area contributed by atoms with Crippen molar-refractivity contribution in [2.45, 2.75) is 125 Å². The molecule has 1 aromatic carbocycles. The van der Waals surface area contributed by atoms with E-state index in [1.165, 1.54) is 0 Å². The van der Waals surface area contributed by atoms with Crippen LogP contribution in [0.5, 0.6) is 0 Å². The minimum absolute atomic E-state index is 0.0762. The van der Waals surface area contributed by atoms with Gasteiger partial charge in [-0.2, -0.15) is 0 Å². The molecule has 3 amide bonds. The number of hydrogen-bond donors (Lipinski definition) is 2. The Balaban J connectivity index is 3.44. The van der Waals surface area contributed by atoms with Crippen LogP contribution in [-0.4, -0.2) is 47.0 Å². The van der Waals surface area contributed by atoms with Gasteiger partial charge in [-0.15, -0.1) is 0 Å². The van der Waals surface area contributed by atoms with Crippen molar-refractivity contribution in [3.63, 3.8) is 0 Å². The van der Waals surface area contributed by atoms with E-state index in [2.05, 4.69) is 17.6 Å². The van der Waals surface area contributed by atoms with Crippen molar-refractivity contribution in [3.8, 4) is 0 Å². The van der Waals surface area contributed by atoms with Crippen LogP contribution in [0.2, 0.25) is 0 Å². The minimum atomic E-state index is -0.801. The Labute approximate surface area is 225 Å². The summed E-state index contributed by atoms with van der Waals surface area (Å²) in [6, 6.07) is 6.07. The molecule has 2 unspecified atom stereocenters. The first kappa shape index (κ1) is 32.5. The Morgan fingerprint density at radius 1 is 0.973 bits per heavy atom. The lowest BCUT2D eigenvalue weighted by molar-refractivity contribution is -0.143. The molecule has 2 N–H and O–H groups in total. The number of nitrogens with zero attached hydrogens (tertiary/aromatic N) is 1. The molecule has 1 aromatic rings. The first-order chi connectivity index (χ1) is 17.2. The normalized spacial score (nSPS) is 13.3. The fourth-order valence-corrected chi connectivity index (χ4v) is 4.27. The minimum Gasteiger partial charge on any atom is -0.444 e. The lowest BCUT2D eigenvalue weighted by Gasteiger charge is -2.35. The molecule has 37 heavy (non-hydrogen) atoms. The lowest BCUT2D eigenvalue weighted by atomic mass is 9.97. The van der Waals surface area contributed by atoms with Crippen LogP contribution in [0, 0.1) is 12.8 Å². The largest absolute Gasteiger partial charge is 0.444 e. The predicted molar refractivity (Wildman–Crippen MR) is 150 cm³/mol. The van der Waals surface area contributed by atoms with Gasteiger partial charge < -0.3 is 20.3 Å². The molecule has 0 aliphatic heterocycles. The molecule has 7 nitrogen and oxygen atoms in total. The number of carbonyl (C=O) groups excluding carboxylic acids is 3. The van der Waals surface area contributed by atoms with Crippen molar-refractivity contribution < 1.29 is 19.1 Å². The number of hydrogen-bond acceptors (Lipinski definition) is 4. The van der Waals surface area contributed by atoms with Gasteiger partial charge >= 0.3 is 6.09 Å². The molecule has 0 spiro atoms. The Morgan fingerprint density at radius 3 is 2.16 bits per heavy atom. The quantitative estimate of drug-likeness (QED) is 0.284. The van der Waals surface area contributed by atoms with Crippen LogP contribution >= 0.6 is 0 Å². The zero-order valence-corrected chi connectivity index (χ0v) is 24.6. The van der Waals surface area contributed by atoms with Crippen molar-refractivity contribution in [2.75, 3.05) is 6.54 Å². The average Bonchev–Trinajstić information content (AvgIpc) is 2.75. The van der Waals surface area contributed by atoms with Crippen LogP contribution in [0.15, 0.2) is 24.3 Å². The number of ether oxygens (including phenoxy) is 1. The van der Waals surface area contributed by atoms with E-state index < -0.39 is 23.8 Å². The molecular formula is C30H51N3O4.